The lowest BCUT2D eigenvalue weighted by molar-refractivity contribution is 1.29. The lowest BCUT2D eigenvalue weighted by Crippen LogP contribution is -2.07. The van der Waals surface area contributed by atoms with E-state index < -0.39 is 0 Å². The fourth-order valence-electron chi connectivity index (χ4n) is 4.03. The van der Waals surface area contributed by atoms with Crippen LogP contribution in [0.15, 0.2) is 77.6 Å². The van der Waals surface area contributed by atoms with Gasteiger partial charge >= 0.3 is 0 Å². The van der Waals surface area contributed by atoms with Crippen molar-refractivity contribution in [2.45, 2.75) is 0 Å². The summed E-state index contributed by atoms with van der Waals surface area (Å²) in [5, 5.41) is 3.61. The summed E-state index contributed by atoms with van der Waals surface area (Å²) in [5.41, 5.74) is 4.68. The minimum absolute atomic E-state index is 0.0706. The molecule has 0 atom stereocenters. The quantitative estimate of drug-likeness (QED) is 0.411. The van der Waals surface area contributed by atoms with Gasteiger partial charge in [-0.1, -0.05) is 48.5 Å². The molecule has 0 fully saturated rings. The van der Waals surface area contributed by atoms with Gasteiger partial charge in [-0.3, -0.25) is 9.20 Å². The molecule has 3 heterocycles. The Hall–Kier alpha value is -3.66. The third-order valence-corrected chi connectivity index (χ3v) is 5.13. The molecule has 0 saturated heterocycles. The molecule has 0 aliphatic heterocycles. The fraction of sp³-hybridized carbons (Fsp3) is 0. The molecule has 0 spiro atoms. The number of nitrogens with one attached hydrogen (secondary N) is 1. The average molecular weight is 335 g/mol. The van der Waals surface area contributed by atoms with Crippen LogP contribution in [0.3, 0.4) is 0 Å². The van der Waals surface area contributed by atoms with Gasteiger partial charge in [0.15, 0.2) is 0 Å². The Morgan fingerprint density at radius 1 is 0.731 bits per heavy atom. The van der Waals surface area contributed by atoms with Crippen molar-refractivity contribution in [3.05, 3.63) is 83.2 Å². The molecule has 0 bridgehead atoms. The number of imidazole rings is 1. The van der Waals surface area contributed by atoms with Crippen LogP contribution in [-0.4, -0.2) is 14.4 Å². The largest absolute Gasteiger partial charge is 0.321 e. The maximum atomic E-state index is 12.7. The van der Waals surface area contributed by atoms with Crippen LogP contribution in [0.1, 0.15) is 0 Å². The van der Waals surface area contributed by atoms with Gasteiger partial charge in [-0.2, -0.15) is 0 Å². The van der Waals surface area contributed by atoms with Crippen LogP contribution in [0.2, 0.25) is 0 Å². The van der Waals surface area contributed by atoms with Crippen LogP contribution in [0, 0.1) is 0 Å². The molecule has 0 unspecified atom stereocenters. The molecule has 3 aromatic carbocycles. The summed E-state index contributed by atoms with van der Waals surface area (Å²) in [6, 6.07) is 24.0. The van der Waals surface area contributed by atoms with E-state index in [1.54, 1.807) is 0 Å². The summed E-state index contributed by atoms with van der Waals surface area (Å²) in [5.74, 6) is 0. The summed E-state index contributed by atoms with van der Waals surface area (Å²) < 4.78 is 2.19. The third-order valence-electron chi connectivity index (χ3n) is 5.13. The molecule has 26 heavy (non-hydrogen) atoms. The van der Waals surface area contributed by atoms with Crippen LogP contribution < -0.4 is 5.56 Å². The maximum Gasteiger partial charge on any atom is 0.256 e. The predicted octanol–water partition coefficient (Wildman–Crippen LogP) is 4.64. The van der Waals surface area contributed by atoms with E-state index in [4.69, 9.17) is 4.98 Å². The third kappa shape index (κ3) is 1.58. The Labute approximate surface area is 147 Å². The first kappa shape index (κ1) is 13.6. The van der Waals surface area contributed by atoms with Crippen LogP contribution in [0.5, 0.6) is 0 Å². The van der Waals surface area contributed by atoms with E-state index in [9.17, 15) is 4.79 Å². The Bertz CT molecular complexity index is 1560. The topological polar surface area (TPSA) is 50.2 Å². The highest BCUT2D eigenvalue weighted by atomic mass is 16.1. The number of H-pyrrole nitrogens is 1. The van der Waals surface area contributed by atoms with E-state index in [0.29, 0.717) is 5.39 Å². The molecule has 4 heteroatoms. The maximum absolute atomic E-state index is 12.7. The lowest BCUT2D eigenvalue weighted by atomic mass is 10.0. The van der Waals surface area contributed by atoms with Crippen LogP contribution >= 0.6 is 0 Å². The van der Waals surface area contributed by atoms with Crippen molar-refractivity contribution in [2.75, 3.05) is 0 Å². The molecule has 3 aromatic heterocycles. The van der Waals surface area contributed by atoms with Crippen molar-refractivity contribution < 1.29 is 0 Å². The molecular formula is C22H13N3O. The number of aromatic nitrogens is 3. The van der Waals surface area contributed by atoms with Gasteiger partial charge < -0.3 is 4.98 Å². The Morgan fingerprint density at radius 3 is 2.23 bits per heavy atom. The molecule has 0 aliphatic carbocycles. The number of pyridine rings is 2. The van der Waals surface area contributed by atoms with Gasteiger partial charge in [0.25, 0.3) is 5.56 Å². The first-order valence-corrected chi connectivity index (χ1v) is 8.55. The Balaban J connectivity index is 2.10. The van der Waals surface area contributed by atoms with Crippen LogP contribution in [0.4, 0.5) is 0 Å². The highest BCUT2D eigenvalue weighted by Gasteiger charge is 2.16. The minimum Gasteiger partial charge on any atom is -0.321 e. The molecule has 0 saturated carbocycles. The van der Waals surface area contributed by atoms with Crippen molar-refractivity contribution in [2.24, 2.45) is 0 Å². The number of hydrogen-bond acceptors (Lipinski definition) is 2. The summed E-state index contributed by atoms with van der Waals surface area (Å²) in [4.78, 5) is 20.7. The number of benzene rings is 3. The first-order valence-electron chi connectivity index (χ1n) is 8.55. The highest BCUT2D eigenvalue weighted by Crippen LogP contribution is 2.33. The van der Waals surface area contributed by atoms with E-state index in [-0.39, 0.29) is 5.56 Å². The number of hydrogen-bond donors (Lipinski definition) is 1. The van der Waals surface area contributed by atoms with Crippen LogP contribution in [0.25, 0.3) is 49.3 Å². The van der Waals surface area contributed by atoms with E-state index >= 15 is 0 Å². The number of aromatic amines is 1. The van der Waals surface area contributed by atoms with E-state index in [0.717, 1.165) is 43.9 Å². The first-order chi connectivity index (χ1) is 12.8. The molecule has 1 N–H and O–H groups in total. The summed E-state index contributed by atoms with van der Waals surface area (Å²) in [6.07, 6.45) is 0. The number of nitrogens with zero attached hydrogens (tertiary/aromatic N) is 2. The summed E-state index contributed by atoms with van der Waals surface area (Å²) in [6.45, 7) is 0. The number of fused-ring (bicyclic) bond motifs is 10. The lowest BCUT2D eigenvalue weighted by Gasteiger charge is -2.10. The summed E-state index contributed by atoms with van der Waals surface area (Å²) >= 11 is 0. The second kappa shape index (κ2) is 4.70. The van der Waals surface area contributed by atoms with Gasteiger partial charge in [0, 0.05) is 16.2 Å². The predicted molar refractivity (Wildman–Crippen MR) is 106 cm³/mol. The zero-order valence-electron chi connectivity index (χ0n) is 13.7. The minimum atomic E-state index is -0.0706. The molecule has 122 valence electrons. The van der Waals surface area contributed by atoms with Gasteiger partial charge in [0.05, 0.1) is 27.5 Å². The van der Waals surface area contributed by atoms with E-state index in [1.807, 2.05) is 54.6 Å². The van der Waals surface area contributed by atoms with Crippen molar-refractivity contribution in [1.82, 2.24) is 14.4 Å². The van der Waals surface area contributed by atoms with Gasteiger partial charge in [-0.05, 0) is 24.3 Å². The number of para-hydroxylation sites is 3. The number of rotatable bonds is 0. The zero-order chi connectivity index (χ0) is 17.3. The van der Waals surface area contributed by atoms with Gasteiger partial charge in [0.2, 0.25) is 0 Å². The molecule has 6 rings (SSSR count). The van der Waals surface area contributed by atoms with Crippen molar-refractivity contribution in [3.63, 3.8) is 0 Å². The molecule has 0 radical (unpaired) electrons. The Kier molecular flexibility index (Phi) is 2.46. The molecular weight excluding hydrogens is 322 g/mol. The Morgan fingerprint density at radius 2 is 1.38 bits per heavy atom. The van der Waals surface area contributed by atoms with Gasteiger partial charge in [0.1, 0.15) is 5.65 Å². The highest BCUT2D eigenvalue weighted by molar-refractivity contribution is 6.21. The fourth-order valence-corrected chi connectivity index (χ4v) is 4.03. The van der Waals surface area contributed by atoms with E-state index in [2.05, 4.69) is 27.6 Å². The van der Waals surface area contributed by atoms with Crippen LogP contribution in [-0.2, 0) is 0 Å². The van der Waals surface area contributed by atoms with Crippen molar-refractivity contribution in [1.29, 1.82) is 0 Å². The zero-order valence-corrected chi connectivity index (χ0v) is 13.7. The van der Waals surface area contributed by atoms with Crippen molar-refractivity contribution >= 4 is 49.3 Å². The second-order valence-corrected chi connectivity index (χ2v) is 6.53. The van der Waals surface area contributed by atoms with E-state index in [1.165, 1.54) is 0 Å². The van der Waals surface area contributed by atoms with Gasteiger partial charge in [-0.15, -0.1) is 0 Å². The second-order valence-electron chi connectivity index (χ2n) is 6.53. The molecule has 6 aromatic rings. The average Bonchev–Trinajstić information content (AvgIpc) is 3.08. The molecule has 4 nitrogen and oxygen atoms in total. The summed E-state index contributed by atoms with van der Waals surface area (Å²) in [7, 11) is 0. The monoisotopic (exact) mass is 335 g/mol. The smallest absolute Gasteiger partial charge is 0.256 e. The standard InChI is InChI=1S/C22H13N3O/c26-22-14-8-2-1-7-13(14)19-20(24-22)15-9-3-5-11-17(15)25-18-12-6-4-10-16(18)23-21(19)25/h1-12H,(H,24,26). The molecule has 0 amide bonds. The molecule has 0 aliphatic rings. The van der Waals surface area contributed by atoms with Crippen molar-refractivity contribution in [3.8, 4) is 0 Å². The SMILES string of the molecule is O=c1[nH]c2c3ccccc3n3c4ccccc4nc3c2c2ccccc12. The normalized spacial score (nSPS) is 12.0. The van der Waals surface area contributed by atoms with Gasteiger partial charge in [-0.25, -0.2) is 4.98 Å².